The summed E-state index contributed by atoms with van der Waals surface area (Å²) in [4.78, 5) is 23.5. The van der Waals surface area contributed by atoms with Gasteiger partial charge in [0, 0.05) is 18.8 Å². The molecular formula is C20H36O4. The molecule has 4 unspecified atom stereocenters. The van der Waals surface area contributed by atoms with Crippen LogP contribution in [-0.4, -0.2) is 30.1 Å². The van der Waals surface area contributed by atoms with Gasteiger partial charge in [0.2, 0.25) is 0 Å². The van der Waals surface area contributed by atoms with Crippen LogP contribution in [0.4, 0.5) is 0 Å². The van der Waals surface area contributed by atoms with Gasteiger partial charge in [-0.3, -0.25) is 9.59 Å². The lowest BCUT2D eigenvalue weighted by Crippen LogP contribution is -2.18. The maximum absolute atomic E-state index is 12.2. The van der Waals surface area contributed by atoms with Gasteiger partial charge in [-0.15, -0.1) is 0 Å². The average Bonchev–Trinajstić information content (AvgIpc) is 2.91. The number of methoxy groups -OCH3 is 1. The molecule has 1 N–H and O–H groups in total. The first-order chi connectivity index (χ1) is 11.5. The van der Waals surface area contributed by atoms with Gasteiger partial charge >= 0.3 is 5.97 Å². The molecule has 0 radical (unpaired) electrons. The van der Waals surface area contributed by atoms with E-state index in [-0.39, 0.29) is 23.9 Å². The Hall–Kier alpha value is -0.900. The van der Waals surface area contributed by atoms with E-state index in [1.54, 1.807) is 0 Å². The van der Waals surface area contributed by atoms with E-state index in [0.717, 1.165) is 44.9 Å². The number of ketones is 1. The topological polar surface area (TPSA) is 63.6 Å². The van der Waals surface area contributed by atoms with Crippen molar-refractivity contribution in [2.24, 2.45) is 17.8 Å². The third kappa shape index (κ3) is 7.78. The van der Waals surface area contributed by atoms with Gasteiger partial charge in [-0.2, -0.15) is 0 Å². The number of hydrogen-bond acceptors (Lipinski definition) is 4. The van der Waals surface area contributed by atoms with Crippen LogP contribution in [-0.2, 0) is 14.3 Å². The smallest absolute Gasteiger partial charge is 0.305 e. The van der Waals surface area contributed by atoms with Gasteiger partial charge in [0.05, 0.1) is 13.2 Å². The van der Waals surface area contributed by atoms with Gasteiger partial charge in [-0.05, 0) is 50.4 Å². The first-order valence-electron chi connectivity index (χ1n) is 9.75. The first-order valence-corrected chi connectivity index (χ1v) is 9.75. The van der Waals surface area contributed by atoms with Crippen LogP contribution >= 0.6 is 0 Å². The van der Waals surface area contributed by atoms with Crippen molar-refractivity contribution in [1.29, 1.82) is 0 Å². The highest BCUT2D eigenvalue weighted by Gasteiger charge is 2.34. The van der Waals surface area contributed by atoms with E-state index in [0.29, 0.717) is 24.5 Å². The standard InChI is InChI=1S/C20H36O4/c1-4-5-6-7-17(21)11-9-16-10-13-19(22)18(16)12-8-15(2)14-20(23)24-3/h15-18,21H,4-14H2,1-3H3. The van der Waals surface area contributed by atoms with E-state index < -0.39 is 0 Å². The maximum atomic E-state index is 12.2. The third-order valence-corrected chi connectivity index (χ3v) is 5.47. The minimum atomic E-state index is -0.217. The summed E-state index contributed by atoms with van der Waals surface area (Å²) < 4.78 is 4.71. The SMILES string of the molecule is CCCCCC(O)CCC1CCC(=O)C1CCC(C)CC(=O)OC. The van der Waals surface area contributed by atoms with Crippen LogP contribution in [0.5, 0.6) is 0 Å². The molecule has 1 rings (SSSR count). The number of esters is 1. The fourth-order valence-electron chi connectivity index (χ4n) is 3.83. The number of carbonyl (C=O) groups is 2. The Kier molecular flexibility index (Phi) is 10.2. The minimum absolute atomic E-state index is 0.132. The first kappa shape index (κ1) is 21.1. The van der Waals surface area contributed by atoms with Crippen molar-refractivity contribution >= 4 is 11.8 Å². The molecule has 0 saturated heterocycles. The monoisotopic (exact) mass is 340 g/mol. The van der Waals surface area contributed by atoms with Gasteiger partial charge in [0.15, 0.2) is 0 Å². The Bertz CT molecular complexity index is 380. The number of hydrogen-bond donors (Lipinski definition) is 1. The van der Waals surface area contributed by atoms with Crippen molar-refractivity contribution in [3.05, 3.63) is 0 Å². The minimum Gasteiger partial charge on any atom is -0.469 e. The molecule has 1 aliphatic carbocycles. The summed E-state index contributed by atoms with van der Waals surface area (Å²) in [5, 5.41) is 10.1. The summed E-state index contributed by atoms with van der Waals surface area (Å²) in [6, 6.07) is 0. The summed E-state index contributed by atoms with van der Waals surface area (Å²) in [7, 11) is 1.41. The summed E-state index contributed by atoms with van der Waals surface area (Å²) >= 11 is 0. The van der Waals surface area contributed by atoms with E-state index in [1.165, 1.54) is 20.0 Å². The lowest BCUT2D eigenvalue weighted by molar-refractivity contribution is -0.141. The van der Waals surface area contributed by atoms with E-state index in [2.05, 4.69) is 6.92 Å². The second-order valence-electron chi connectivity index (χ2n) is 7.56. The number of ether oxygens (including phenoxy) is 1. The van der Waals surface area contributed by atoms with E-state index in [1.807, 2.05) is 6.92 Å². The highest BCUT2D eigenvalue weighted by Crippen LogP contribution is 2.36. The fourth-order valence-corrected chi connectivity index (χ4v) is 3.83. The lowest BCUT2D eigenvalue weighted by Gasteiger charge is -2.21. The molecule has 0 heterocycles. The molecular weight excluding hydrogens is 304 g/mol. The van der Waals surface area contributed by atoms with E-state index in [4.69, 9.17) is 4.74 Å². The molecule has 1 fully saturated rings. The predicted molar refractivity (Wildman–Crippen MR) is 95.6 cm³/mol. The van der Waals surface area contributed by atoms with E-state index >= 15 is 0 Å². The molecule has 1 saturated carbocycles. The molecule has 4 heteroatoms. The van der Waals surface area contributed by atoms with Crippen molar-refractivity contribution in [3.8, 4) is 0 Å². The number of aliphatic hydroxyl groups excluding tert-OH is 1. The third-order valence-electron chi connectivity index (χ3n) is 5.47. The number of unbranched alkanes of at least 4 members (excludes halogenated alkanes) is 2. The molecule has 0 bridgehead atoms. The highest BCUT2D eigenvalue weighted by molar-refractivity contribution is 5.83. The normalized spacial score (nSPS) is 23.2. The van der Waals surface area contributed by atoms with Gasteiger partial charge < -0.3 is 9.84 Å². The number of aliphatic hydroxyl groups is 1. The molecule has 0 aromatic heterocycles. The van der Waals surface area contributed by atoms with Crippen molar-refractivity contribution in [1.82, 2.24) is 0 Å². The van der Waals surface area contributed by atoms with Crippen molar-refractivity contribution in [2.75, 3.05) is 7.11 Å². The number of Topliss-reactive ketones (excluding diaryl/α,β-unsaturated/α-hetero) is 1. The zero-order valence-electron chi connectivity index (χ0n) is 15.8. The molecule has 4 atom stereocenters. The Morgan fingerprint density at radius 2 is 2.00 bits per heavy atom. The molecule has 140 valence electrons. The summed E-state index contributed by atoms with van der Waals surface area (Å²) in [5.74, 6) is 1.01. The lowest BCUT2D eigenvalue weighted by atomic mass is 9.84. The summed E-state index contributed by atoms with van der Waals surface area (Å²) in [5.41, 5.74) is 0. The Balaban J connectivity index is 2.33. The van der Waals surface area contributed by atoms with Crippen LogP contribution in [0.3, 0.4) is 0 Å². The summed E-state index contributed by atoms with van der Waals surface area (Å²) in [6.07, 6.45) is 9.73. The van der Waals surface area contributed by atoms with Crippen molar-refractivity contribution in [3.63, 3.8) is 0 Å². The zero-order chi connectivity index (χ0) is 17.9. The highest BCUT2D eigenvalue weighted by atomic mass is 16.5. The van der Waals surface area contributed by atoms with Crippen LogP contribution in [0.15, 0.2) is 0 Å². The summed E-state index contributed by atoms with van der Waals surface area (Å²) in [6.45, 7) is 4.21. The van der Waals surface area contributed by atoms with Gasteiger partial charge in [-0.25, -0.2) is 0 Å². The van der Waals surface area contributed by atoms with Gasteiger partial charge in [0.25, 0.3) is 0 Å². The molecule has 1 aliphatic rings. The Morgan fingerprint density at radius 1 is 1.25 bits per heavy atom. The molecule has 4 nitrogen and oxygen atoms in total. The number of carbonyl (C=O) groups excluding carboxylic acids is 2. The Morgan fingerprint density at radius 3 is 2.67 bits per heavy atom. The largest absolute Gasteiger partial charge is 0.469 e. The maximum Gasteiger partial charge on any atom is 0.305 e. The van der Waals surface area contributed by atoms with Crippen LogP contribution < -0.4 is 0 Å². The molecule has 24 heavy (non-hydrogen) atoms. The van der Waals surface area contributed by atoms with Crippen LogP contribution in [0.1, 0.15) is 84.5 Å². The van der Waals surface area contributed by atoms with Crippen LogP contribution in [0.2, 0.25) is 0 Å². The van der Waals surface area contributed by atoms with Crippen molar-refractivity contribution < 1.29 is 19.4 Å². The van der Waals surface area contributed by atoms with E-state index in [9.17, 15) is 14.7 Å². The van der Waals surface area contributed by atoms with Crippen molar-refractivity contribution in [2.45, 2.75) is 90.6 Å². The van der Waals surface area contributed by atoms with Crippen LogP contribution in [0, 0.1) is 17.8 Å². The van der Waals surface area contributed by atoms with Gasteiger partial charge in [0.1, 0.15) is 5.78 Å². The fraction of sp³-hybridized carbons (Fsp3) is 0.900. The quantitative estimate of drug-likeness (QED) is 0.425. The number of rotatable bonds is 12. The van der Waals surface area contributed by atoms with Crippen LogP contribution in [0.25, 0.3) is 0 Å². The van der Waals surface area contributed by atoms with Gasteiger partial charge in [-0.1, -0.05) is 33.1 Å². The molecule has 0 aromatic carbocycles. The molecule has 0 spiro atoms. The molecule has 0 aromatic rings. The second-order valence-corrected chi connectivity index (χ2v) is 7.56. The predicted octanol–water partition coefficient (Wildman–Crippen LogP) is 4.28. The second kappa shape index (κ2) is 11.6. The molecule has 0 aliphatic heterocycles. The molecule has 0 amide bonds. The Labute approximate surface area is 147 Å². The zero-order valence-corrected chi connectivity index (χ0v) is 15.8. The average molecular weight is 341 g/mol.